The summed E-state index contributed by atoms with van der Waals surface area (Å²) in [7, 11) is 0. The number of nitrogens with one attached hydrogen (secondary N) is 1. The first-order chi connectivity index (χ1) is 12.1. The average molecular weight is 350 g/mol. The maximum absolute atomic E-state index is 12.4. The van der Waals surface area contributed by atoms with Gasteiger partial charge in [-0.15, -0.1) is 6.42 Å². The van der Waals surface area contributed by atoms with Crippen LogP contribution in [0.1, 0.15) is 15.9 Å². The second-order valence-electron chi connectivity index (χ2n) is 5.03. The van der Waals surface area contributed by atoms with Gasteiger partial charge in [0.15, 0.2) is 5.75 Å². The zero-order valence-corrected chi connectivity index (χ0v) is 13.7. The third kappa shape index (κ3) is 4.34. The molecule has 0 radical (unpaired) electrons. The summed E-state index contributed by atoms with van der Waals surface area (Å²) in [5.74, 6) is 3.12. The summed E-state index contributed by atoms with van der Waals surface area (Å²) < 4.78 is 5.64. The molecule has 1 aromatic heterocycles. The van der Waals surface area contributed by atoms with E-state index in [-0.39, 0.29) is 5.91 Å². The van der Waals surface area contributed by atoms with Crippen LogP contribution in [0, 0.1) is 12.3 Å². The highest BCUT2D eigenvalue weighted by Crippen LogP contribution is 2.28. The molecule has 0 fully saturated rings. The quantitative estimate of drug-likeness (QED) is 0.718. The van der Waals surface area contributed by atoms with Crippen molar-refractivity contribution < 1.29 is 9.53 Å². The minimum atomic E-state index is -0.298. The van der Waals surface area contributed by atoms with Gasteiger partial charge in [0.1, 0.15) is 12.1 Å². The average Bonchev–Trinajstić information content (AvgIpc) is 2.62. The summed E-state index contributed by atoms with van der Waals surface area (Å²) in [5, 5.41) is 3.19. The molecule has 0 spiro atoms. The fourth-order valence-electron chi connectivity index (χ4n) is 2.12. The van der Waals surface area contributed by atoms with Crippen LogP contribution in [0.15, 0.2) is 61.2 Å². The first-order valence-corrected chi connectivity index (χ1v) is 7.63. The number of carbonyl (C=O) groups excluding carboxylic acids is 1. The molecule has 2 aromatic carbocycles. The Balaban J connectivity index is 1.80. The number of anilines is 1. The van der Waals surface area contributed by atoms with Crippen LogP contribution in [0.4, 0.5) is 5.69 Å². The number of amides is 1. The zero-order valence-electron chi connectivity index (χ0n) is 12.9. The molecule has 3 aromatic rings. The third-order valence-corrected chi connectivity index (χ3v) is 3.41. The predicted molar refractivity (Wildman–Crippen MR) is 95.9 cm³/mol. The minimum Gasteiger partial charge on any atom is -0.454 e. The van der Waals surface area contributed by atoms with Gasteiger partial charge in [0, 0.05) is 27.9 Å². The summed E-state index contributed by atoms with van der Waals surface area (Å²) in [5.41, 5.74) is 1.58. The first kappa shape index (κ1) is 16.5. The largest absolute Gasteiger partial charge is 0.454 e. The second kappa shape index (κ2) is 7.47. The summed E-state index contributed by atoms with van der Waals surface area (Å²) in [6, 6.07) is 11.7. The molecule has 0 saturated carbocycles. The molecule has 1 amide bonds. The summed E-state index contributed by atoms with van der Waals surface area (Å²) in [6.07, 6.45) is 9.81. The fourth-order valence-corrected chi connectivity index (χ4v) is 2.35. The zero-order chi connectivity index (χ0) is 17.6. The van der Waals surface area contributed by atoms with Crippen molar-refractivity contribution in [2.45, 2.75) is 0 Å². The van der Waals surface area contributed by atoms with Crippen LogP contribution in [0.2, 0.25) is 5.02 Å². The molecule has 0 bridgehead atoms. The lowest BCUT2D eigenvalue weighted by Gasteiger charge is -2.10. The minimum absolute atomic E-state index is 0.298. The molecule has 0 aliphatic heterocycles. The number of carbonyl (C=O) groups is 1. The smallest absolute Gasteiger partial charge is 0.255 e. The number of rotatable bonds is 4. The van der Waals surface area contributed by atoms with E-state index in [1.54, 1.807) is 42.5 Å². The molecule has 0 atom stereocenters. The lowest BCUT2D eigenvalue weighted by Crippen LogP contribution is -2.12. The molecule has 0 unspecified atom stereocenters. The highest BCUT2D eigenvalue weighted by molar-refractivity contribution is 6.31. The van der Waals surface area contributed by atoms with Crippen LogP contribution >= 0.6 is 11.6 Å². The Hall–Kier alpha value is -3.36. The van der Waals surface area contributed by atoms with E-state index in [2.05, 4.69) is 21.2 Å². The summed E-state index contributed by atoms with van der Waals surface area (Å²) in [4.78, 5) is 20.1. The topological polar surface area (TPSA) is 64.1 Å². The molecular weight excluding hydrogens is 338 g/mol. The fraction of sp³-hybridized carbons (Fsp3) is 0. The lowest BCUT2D eigenvalue weighted by molar-refractivity contribution is 0.102. The van der Waals surface area contributed by atoms with Crippen LogP contribution in [0.3, 0.4) is 0 Å². The molecule has 0 aliphatic carbocycles. The Kier molecular flexibility index (Phi) is 4.93. The van der Waals surface area contributed by atoms with Crippen molar-refractivity contribution in [3.8, 4) is 23.8 Å². The van der Waals surface area contributed by atoms with E-state index in [4.69, 9.17) is 22.8 Å². The molecule has 1 N–H and O–H groups in total. The highest BCUT2D eigenvalue weighted by Gasteiger charge is 2.09. The Bertz CT molecular complexity index is 952. The van der Waals surface area contributed by atoms with Gasteiger partial charge in [-0.2, -0.15) is 0 Å². The van der Waals surface area contributed by atoms with Gasteiger partial charge in [0.25, 0.3) is 5.91 Å². The molecule has 122 valence electrons. The van der Waals surface area contributed by atoms with E-state index in [1.807, 2.05) is 0 Å². The van der Waals surface area contributed by atoms with Gasteiger partial charge in [-0.25, -0.2) is 9.97 Å². The number of aromatic nitrogens is 2. The molecule has 0 aliphatic rings. The maximum atomic E-state index is 12.4. The van der Waals surface area contributed by atoms with Crippen LogP contribution in [-0.4, -0.2) is 15.9 Å². The maximum Gasteiger partial charge on any atom is 0.255 e. The number of terminal acetylenes is 1. The molecule has 5 nitrogen and oxygen atoms in total. The summed E-state index contributed by atoms with van der Waals surface area (Å²) in [6.45, 7) is 0. The number of nitrogens with zero attached hydrogens (tertiary/aromatic N) is 2. The number of ether oxygens (including phenoxy) is 1. The lowest BCUT2D eigenvalue weighted by atomic mass is 10.1. The number of hydrogen-bond donors (Lipinski definition) is 1. The van der Waals surface area contributed by atoms with Gasteiger partial charge in [0.05, 0.1) is 12.4 Å². The Morgan fingerprint density at radius 2 is 1.92 bits per heavy atom. The van der Waals surface area contributed by atoms with Crippen molar-refractivity contribution in [1.29, 1.82) is 0 Å². The van der Waals surface area contributed by atoms with E-state index in [0.29, 0.717) is 33.3 Å². The van der Waals surface area contributed by atoms with Gasteiger partial charge in [-0.3, -0.25) is 4.79 Å². The first-order valence-electron chi connectivity index (χ1n) is 7.25. The number of benzene rings is 2. The van der Waals surface area contributed by atoms with Gasteiger partial charge in [-0.05, 0) is 30.3 Å². The van der Waals surface area contributed by atoms with E-state index >= 15 is 0 Å². The molecule has 0 saturated heterocycles. The number of halogens is 1. The van der Waals surface area contributed by atoms with Crippen molar-refractivity contribution in [2.75, 3.05) is 5.32 Å². The van der Waals surface area contributed by atoms with Crippen LogP contribution in [0.5, 0.6) is 11.5 Å². The van der Waals surface area contributed by atoms with E-state index in [9.17, 15) is 4.79 Å². The Morgan fingerprint density at radius 1 is 1.12 bits per heavy atom. The second-order valence-corrected chi connectivity index (χ2v) is 5.47. The van der Waals surface area contributed by atoms with Crippen molar-refractivity contribution in [3.05, 3.63) is 77.3 Å². The molecule has 1 heterocycles. The van der Waals surface area contributed by atoms with Crippen LogP contribution in [-0.2, 0) is 0 Å². The monoisotopic (exact) mass is 349 g/mol. The molecule has 3 rings (SSSR count). The van der Waals surface area contributed by atoms with E-state index in [0.717, 1.165) is 0 Å². The van der Waals surface area contributed by atoms with E-state index in [1.165, 1.54) is 18.7 Å². The highest BCUT2D eigenvalue weighted by atomic mass is 35.5. The standard InChI is InChI=1S/C19H12ClN3O2/c1-2-13-4-3-5-14(6-13)19(24)23-16-7-15(20)8-17(9-16)25-18-10-21-12-22-11-18/h1,3-12H,(H,23,24). The van der Waals surface area contributed by atoms with Gasteiger partial charge in [0.2, 0.25) is 0 Å². The van der Waals surface area contributed by atoms with Crippen molar-refractivity contribution in [3.63, 3.8) is 0 Å². The van der Waals surface area contributed by atoms with Crippen molar-refractivity contribution in [2.24, 2.45) is 0 Å². The van der Waals surface area contributed by atoms with Gasteiger partial charge < -0.3 is 10.1 Å². The normalized spacial score (nSPS) is 9.92. The van der Waals surface area contributed by atoms with Crippen LogP contribution < -0.4 is 10.1 Å². The van der Waals surface area contributed by atoms with E-state index < -0.39 is 0 Å². The van der Waals surface area contributed by atoms with Crippen molar-refractivity contribution in [1.82, 2.24) is 9.97 Å². The molecule has 6 heteroatoms. The van der Waals surface area contributed by atoms with Gasteiger partial charge >= 0.3 is 0 Å². The molecule has 25 heavy (non-hydrogen) atoms. The number of hydrogen-bond acceptors (Lipinski definition) is 4. The Morgan fingerprint density at radius 3 is 2.68 bits per heavy atom. The summed E-state index contributed by atoms with van der Waals surface area (Å²) >= 11 is 6.10. The Labute approximate surface area is 149 Å². The SMILES string of the molecule is C#Cc1cccc(C(=O)Nc2cc(Cl)cc(Oc3cncnc3)c2)c1. The third-order valence-electron chi connectivity index (χ3n) is 3.19. The predicted octanol–water partition coefficient (Wildman–Crippen LogP) is 4.16. The molecular formula is C19H12ClN3O2. The van der Waals surface area contributed by atoms with Crippen molar-refractivity contribution >= 4 is 23.2 Å². The van der Waals surface area contributed by atoms with Gasteiger partial charge in [-0.1, -0.05) is 23.6 Å². The van der Waals surface area contributed by atoms with Crippen LogP contribution in [0.25, 0.3) is 0 Å².